The monoisotopic (exact) mass is 214 g/mol. The van der Waals surface area contributed by atoms with Crippen molar-refractivity contribution in [1.82, 2.24) is 0 Å². The van der Waals surface area contributed by atoms with Crippen molar-refractivity contribution in [3.63, 3.8) is 0 Å². The van der Waals surface area contributed by atoms with Crippen LogP contribution in [0.2, 0.25) is 0 Å². The van der Waals surface area contributed by atoms with Crippen LogP contribution in [0, 0.1) is 0 Å². The average Bonchev–Trinajstić information content (AvgIpc) is 2.23. The summed E-state index contributed by atoms with van der Waals surface area (Å²) in [7, 11) is 0. The number of fused-ring (bicyclic) bond motifs is 1. The van der Waals surface area contributed by atoms with Crippen LogP contribution in [-0.4, -0.2) is 12.1 Å². The van der Waals surface area contributed by atoms with Crippen LogP contribution < -0.4 is 18.9 Å². The van der Waals surface area contributed by atoms with Gasteiger partial charge in [0, 0.05) is 0 Å². The number of esters is 1. The van der Waals surface area contributed by atoms with Gasteiger partial charge in [0.25, 0.3) is 0 Å². The van der Waals surface area contributed by atoms with Crippen LogP contribution in [0.5, 0.6) is 0 Å². The summed E-state index contributed by atoms with van der Waals surface area (Å²) < 4.78 is 5.23. The molecule has 0 N–H and O–H groups in total. The third-order valence-corrected chi connectivity index (χ3v) is 3.04. The Balaban J connectivity index is 0.00000112. The Bertz CT molecular complexity index is 367. The maximum absolute atomic E-state index is 11.5. The first-order chi connectivity index (χ1) is 6.74. The fourth-order valence-electron chi connectivity index (χ4n) is 1.69. The summed E-state index contributed by atoms with van der Waals surface area (Å²) in [5.74, 6) is -0.242. The maximum Gasteiger partial charge on any atom is 1.00 e. The van der Waals surface area contributed by atoms with Crippen molar-refractivity contribution in [3.05, 3.63) is 35.4 Å². The number of hydrogen-bond acceptors (Lipinski definition) is 3. The van der Waals surface area contributed by atoms with Crippen molar-refractivity contribution < 1.29 is 28.4 Å². The van der Waals surface area contributed by atoms with Crippen LogP contribution in [0.1, 0.15) is 34.5 Å². The second-order valence-electron chi connectivity index (χ2n) is 3.36. The Morgan fingerprint density at radius 2 is 2.07 bits per heavy atom. The van der Waals surface area contributed by atoms with Gasteiger partial charge in [-0.3, -0.25) is 0 Å². The van der Waals surface area contributed by atoms with Gasteiger partial charge >= 0.3 is 24.8 Å². The van der Waals surface area contributed by atoms with E-state index in [0.29, 0.717) is 5.56 Å². The maximum atomic E-state index is 11.5. The third kappa shape index (κ3) is 2.25. The number of rotatable bonds is 1. The molecule has 0 fully saturated rings. The Morgan fingerprint density at radius 3 is 2.73 bits per heavy atom. The van der Waals surface area contributed by atoms with Crippen molar-refractivity contribution in [2.24, 2.45) is 0 Å². The number of benzene rings is 1. The second-order valence-corrected chi connectivity index (χ2v) is 3.87. The van der Waals surface area contributed by atoms with Crippen LogP contribution >= 0.6 is 0 Å². The van der Waals surface area contributed by atoms with Crippen molar-refractivity contribution >= 4 is 18.6 Å². The Labute approximate surface area is 107 Å². The predicted octanol–water partition coefficient (Wildman–Crippen LogP) is -0.772. The summed E-state index contributed by atoms with van der Waals surface area (Å²) in [5, 5.41) is -0.103. The van der Waals surface area contributed by atoms with E-state index in [4.69, 9.17) is 17.4 Å². The molecule has 0 spiro atoms. The van der Waals surface area contributed by atoms with E-state index in [-0.39, 0.29) is 36.2 Å². The van der Waals surface area contributed by atoms with E-state index in [9.17, 15) is 4.79 Å². The van der Waals surface area contributed by atoms with E-state index < -0.39 is 0 Å². The molecule has 0 amide bonds. The summed E-state index contributed by atoms with van der Waals surface area (Å²) in [4.78, 5) is 11.5. The number of cyclic esters (lactones) is 1. The molecule has 0 radical (unpaired) electrons. The van der Waals surface area contributed by atoms with Gasteiger partial charge in [-0.1, -0.05) is 35.9 Å². The fraction of sp³-hybridized carbons (Fsp3) is 0.364. The van der Waals surface area contributed by atoms with Gasteiger partial charge in [0.1, 0.15) is 0 Å². The van der Waals surface area contributed by atoms with E-state index in [1.54, 1.807) is 6.07 Å². The first-order valence-electron chi connectivity index (χ1n) is 4.69. The van der Waals surface area contributed by atoms with E-state index in [0.717, 1.165) is 12.0 Å². The topological polar surface area (TPSA) is 26.3 Å². The van der Waals surface area contributed by atoms with Crippen LogP contribution in [0.3, 0.4) is 0 Å². The van der Waals surface area contributed by atoms with E-state index in [1.807, 2.05) is 25.1 Å². The molecule has 1 aliphatic rings. The van der Waals surface area contributed by atoms with Crippen molar-refractivity contribution in [2.45, 2.75) is 24.7 Å². The quantitative estimate of drug-likeness (QED) is 0.349. The normalized spacial score (nSPS) is 23.7. The first kappa shape index (κ1) is 12.7. The van der Waals surface area contributed by atoms with E-state index in [1.165, 1.54) is 0 Å². The van der Waals surface area contributed by atoms with Gasteiger partial charge in [0.15, 0.2) is 0 Å². The van der Waals surface area contributed by atoms with Gasteiger partial charge in [-0.2, -0.15) is 0 Å². The molecule has 1 aliphatic heterocycles. The molecule has 0 bridgehead atoms. The van der Waals surface area contributed by atoms with Gasteiger partial charge in [0.2, 0.25) is 0 Å². The molecule has 0 aliphatic carbocycles. The first-order valence-corrected chi connectivity index (χ1v) is 5.17. The van der Waals surface area contributed by atoms with Gasteiger partial charge in [-0.05, 0) is 12.5 Å². The Morgan fingerprint density at radius 1 is 1.40 bits per heavy atom. The summed E-state index contributed by atoms with van der Waals surface area (Å²) in [5.41, 5.74) is 1.56. The Kier molecular flexibility index (Phi) is 4.33. The van der Waals surface area contributed by atoms with E-state index >= 15 is 0 Å². The van der Waals surface area contributed by atoms with Crippen molar-refractivity contribution in [3.8, 4) is 0 Å². The molecule has 1 aromatic carbocycles. The molecule has 74 valence electrons. The third-order valence-electron chi connectivity index (χ3n) is 2.49. The molecule has 2 rings (SSSR count). The van der Waals surface area contributed by atoms with Crippen LogP contribution in [-0.2, 0) is 17.4 Å². The zero-order valence-electron chi connectivity index (χ0n) is 8.90. The molecule has 0 saturated carbocycles. The molecule has 0 unspecified atom stereocenters. The van der Waals surface area contributed by atoms with Gasteiger partial charge in [-0.25, -0.2) is 4.79 Å². The fourth-order valence-corrected chi connectivity index (χ4v) is 2.14. The standard InChI is InChI=1S/C11H12O2S.Li/c1-2-9-10(14)7-5-3-4-6-8(7)11(12)13-9;/h3-6,9-10,14H,2H2,1H3;/q;+1/p-1/t9-,10+;/m1./s1. The SMILES string of the molecule is CC[C@H]1OC(=O)c2ccccc2[C@@H]1[S-].[Li+]. The smallest absolute Gasteiger partial charge is 0.781 e. The van der Waals surface area contributed by atoms with Gasteiger partial charge in [0.05, 0.1) is 11.7 Å². The largest absolute Gasteiger partial charge is 1.00 e. The molecule has 2 nitrogen and oxygen atoms in total. The summed E-state index contributed by atoms with van der Waals surface area (Å²) in [6.45, 7) is 1.98. The van der Waals surface area contributed by atoms with Crippen LogP contribution in [0.4, 0.5) is 0 Å². The molecular weight excluding hydrogens is 203 g/mol. The van der Waals surface area contributed by atoms with E-state index in [2.05, 4.69) is 0 Å². The minimum atomic E-state index is -0.242. The second kappa shape index (κ2) is 5.11. The molecule has 1 heterocycles. The van der Waals surface area contributed by atoms with Crippen molar-refractivity contribution in [1.29, 1.82) is 0 Å². The predicted molar refractivity (Wildman–Crippen MR) is 56.0 cm³/mol. The molecular formula is C11H11LiO2S. The van der Waals surface area contributed by atoms with Gasteiger partial charge < -0.3 is 17.4 Å². The van der Waals surface area contributed by atoms with Crippen molar-refractivity contribution in [2.75, 3.05) is 0 Å². The summed E-state index contributed by atoms with van der Waals surface area (Å²) >= 11 is 5.34. The molecule has 2 atom stereocenters. The molecule has 4 heteroatoms. The zero-order chi connectivity index (χ0) is 10.1. The minimum Gasteiger partial charge on any atom is -0.781 e. The summed E-state index contributed by atoms with van der Waals surface area (Å²) in [6, 6.07) is 7.41. The van der Waals surface area contributed by atoms with Crippen LogP contribution in [0.15, 0.2) is 24.3 Å². The van der Waals surface area contributed by atoms with Crippen LogP contribution in [0.25, 0.3) is 0 Å². The number of carbonyl (C=O) groups excluding carboxylic acids is 1. The number of hydrogen-bond donors (Lipinski definition) is 0. The molecule has 15 heavy (non-hydrogen) atoms. The molecule has 0 saturated heterocycles. The zero-order valence-corrected chi connectivity index (χ0v) is 9.71. The number of carbonyl (C=O) groups is 1. The minimum absolute atomic E-state index is 0. The van der Waals surface area contributed by atoms with Gasteiger partial charge in [-0.15, -0.1) is 0 Å². The molecule has 1 aromatic rings. The Hall–Kier alpha value is -0.363. The number of ether oxygens (including phenoxy) is 1. The summed E-state index contributed by atoms with van der Waals surface area (Å²) in [6.07, 6.45) is 0.626. The molecule has 0 aromatic heterocycles. The average molecular weight is 214 g/mol.